The third-order valence-electron chi connectivity index (χ3n) is 4.83. The molecule has 1 atom stereocenters. The maximum Gasteiger partial charge on any atom is 0.271 e. The summed E-state index contributed by atoms with van der Waals surface area (Å²) in [5, 5.41) is 11.7. The smallest absolute Gasteiger partial charge is 0.271 e. The monoisotopic (exact) mass is 329 g/mol. The number of nitrogens with zero attached hydrogens (tertiary/aromatic N) is 6. The summed E-state index contributed by atoms with van der Waals surface area (Å²) in [5.41, 5.74) is 0.477. The van der Waals surface area contributed by atoms with E-state index in [4.69, 9.17) is 0 Å². The molecule has 8 heteroatoms. The number of imidazole rings is 1. The van der Waals surface area contributed by atoms with Crippen LogP contribution in [0.1, 0.15) is 41.4 Å². The Morgan fingerprint density at radius 2 is 2.25 bits per heavy atom. The number of piperidine rings is 1. The summed E-state index contributed by atoms with van der Waals surface area (Å²) >= 11 is 0. The van der Waals surface area contributed by atoms with Gasteiger partial charge in [-0.05, 0) is 25.8 Å². The minimum absolute atomic E-state index is 0.0918. The molecule has 0 radical (unpaired) electrons. The van der Waals surface area contributed by atoms with E-state index in [1.807, 2.05) is 7.05 Å². The van der Waals surface area contributed by atoms with Crippen molar-refractivity contribution in [1.29, 1.82) is 0 Å². The number of rotatable bonds is 4. The molecule has 2 aliphatic rings. The number of aryl methyl sites for hydroxylation is 2. The molecule has 0 saturated carbocycles. The van der Waals surface area contributed by atoms with Crippen LogP contribution in [0.2, 0.25) is 0 Å². The quantitative estimate of drug-likeness (QED) is 0.875. The number of carbonyl (C=O) groups excluding carboxylic acids is 1. The van der Waals surface area contributed by atoms with Crippen LogP contribution in [0.15, 0.2) is 12.5 Å². The average Bonchev–Trinajstić information content (AvgIpc) is 3.26. The second kappa shape index (κ2) is 6.35. The summed E-state index contributed by atoms with van der Waals surface area (Å²) in [5.74, 6) is 2.08. The summed E-state index contributed by atoms with van der Waals surface area (Å²) in [4.78, 5) is 18.8. The van der Waals surface area contributed by atoms with Gasteiger partial charge >= 0.3 is 0 Å². The van der Waals surface area contributed by atoms with Crippen molar-refractivity contribution in [3.63, 3.8) is 0 Å². The molecule has 0 aliphatic carbocycles. The molecule has 4 rings (SSSR count). The first kappa shape index (κ1) is 15.3. The van der Waals surface area contributed by atoms with Gasteiger partial charge in [-0.25, -0.2) is 4.98 Å². The molecule has 1 fully saturated rings. The Hall–Kier alpha value is -2.22. The van der Waals surface area contributed by atoms with Crippen LogP contribution >= 0.6 is 0 Å². The van der Waals surface area contributed by atoms with Crippen LogP contribution < -0.4 is 5.32 Å². The fourth-order valence-corrected chi connectivity index (χ4v) is 3.63. The molecule has 4 heterocycles. The predicted molar refractivity (Wildman–Crippen MR) is 87.3 cm³/mol. The Labute approximate surface area is 140 Å². The molecule has 2 aromatic rings. The molecule has 0 aromatic carbocycles. The Bertz CT molecular complexity index is 735. The second-order valence-electron chi connectivity index (χ2n) is 6.76. The minimum atomic E-state index is -0.0918. The molecule has 2 aliphatic heterocycles. The number of likely N-dealkylation sites (tertiary alicyclic amines) is 1. The molecule has 1 unspecified atom stereocenters. The van der Waals surface area contributed by atoms with Crippen molar-refractivity contribution in [2.24, 2.45) is 7.05 Å². The van der Waals surface area contributed by atoms with Crippen molar-refractivity contribution in [3.05, 3.63) is 29.9 Å². The van der Waals surface area contributed by atoms with E-state index < -0.39 is 0 Å². The molecule has 1 amide bonds. The van der Waals surface area contributed by atoms with Gasteiger partial charge in [-0.15, -0.1) is 10.2 Å². The fraction of sp³-hybridized carbons (Fsp3) is 0.625. The van der Waals surface area contributed by atoms with Crippen molar-refractivity contribution in [3.8, 4) is 0 Å². The number of aromatic nitrogens is 5. The van der Waals surface area contributed by atoms with E-state index in [1.54, 1.807) is 17.1 Å². The third kappa shape index (κ3) is 3.06. The van der Waals surface area contributed by atoms with Gasteiger partial charge in [0.25, 0.3) is 5.91 Å². The average molecular weight is 329 g/mol. The van der Waals surface area contributed by atoms with E-state index in [2.05, 4.69) is 30.0 Å². The zero-order chi connectivity index (χ0) is 16.5. The lowest BCUT2D eigenvalue weighted by molar-refractivity contribution is 0.0894. The lowest BCUT2D eigenvalue weighted by Gasteiger charge is -2.32. The standard InChI is InChI=1S/C16H23N7O/c1-21-9-13(17-11-21)16(24)18-12-4-2-6-22(8-12)10-15-20-19-14-5-3-7-23(14)15/h9,11-12H,2-8,10H2,1H3,(H,18,24). The Balaban J connectivity index is 1.36. The molecule has 0 bridgehead atoms. The van der Waals surface area contributed by atoms with Gasteiger partial charge in [0, 0.05) is 38.8 Å². The number of fused-ring (bicyclic) bond motifs is 1. The maximum atomic E-state index is 12.3. The first-order valence-electron chi connectivity index (χ1n) is 8.61. The number of amides is 1. The van der Waals surface area contributed by atoms with E-state index in [0.717, 1.165) is 57.1 Å². The molecule has 2 aromatic heterocycles. The van der Waals surface area contributed by atoms with Crippen LogP contribution in [0.5, 0.6) is 0 Å². The normalized spacial score (nSPS) is 21.0. The number of hydrogen-bond donors (Lipinski definition) is 1. The molecular weight excluding hydrogens is 306 g/mol. The van der Waals surface area contributed by atoms with Gasteiger partial charge in [-0.1, -0.05) is 0 Å². The minimum Gasteiger partial charge on any atom is -0.347 e. The Kier molecular flexibility index (Phi) is 4.05. The van der Waals surface area contributed by atoms with Crippen LogP contribution in [0.4, 0.5) is 0 Å². The van der Waals surface area contributed by atoms with Crippen LogP contribution in [-0.2, 0) is 26.6 Å². The van der Waals surface area contributed by atoms with Crippen LogP contribution in [0.25, 0.3) is 0 Å². The highest BCUT2D eigenvalue weighted by Gasteiger charge is 2.25. The number of hydrogen-bond acceptors (Lipinski definition) is 5. The highest BCUT2D eigenvalue weighted by Crippen LogP contribution is 2.18. The van der Waals surface area contributed by atoms with Gasteiger partial charge < -0.3 is 14.5 Å². The first-order chi connectivity index (χ1) is 11.7. The summed E-state index contributed by atoms with van der Waals surface area (Å²) in [6.45, 7) is 3.73. The topological polar surface area (TPSA) is 80.9 Å². The zero-order valence-corrected chi connectivity index (χ0v) is 14.0. The molecule has 24 heavy (non-hydrogen) atoms. The van der Waals surface area contributed by atoms with Crippen LogP contribution in [0, 0.1) is 0 Å². The molecule has 0 spiro atoms. The van der Waals surface area contributed by atoms with Gasteiger partial charge in [0.05, 0.1) is 12.9 Å². The fourth-order valence-electron chi connectivity index (χ4n) is 3.63. The van der Waals surface area contributed by atoms with E-state index >= 15 is 0 Å². The highest BCUT2D eigenvalue weighted by atomic mass is 16.2. The van der Waals surface area contributed by atoms with Crippen molar-refractivity contribution in [2.75, 3.05) is 13.1 Å². The van der Waals surface area contributed by atoms with Crippen molar-refractivity contribution in [2.45, 2.75) is 44.8 Å². The van der Waals surface area contributed by atoms with Crippen LogP contribution in [0.3, 0.4) is 0 Å². The molecular formula is C16H23N7O. The van der Waals surface area contributed by atoms with E-state index in [-0.39, 0.29) is 11.9 Å². The Morgan fingerprint density at radius 3 is 3.08 bits per heavy atom. The van der Waals surface area contributed by atoms with Crippen molar-refractivity contribution >= 4 is 5.91 Å². The third-order valence-corrected chi connectivity index (χ3v) is 4.83. The van der Waals surface area contributed by atoms with Crippen molar-refractivity contribution in [1.82, 2.24) is 34.5 Å². The van der Waals surface area contributed by atoms with E-state index in [0.29, 0.717) is 5.69 Å². The highest BCUT2D eigenvalue weighted by molar-refractivity contribution is 5.92. The summed E-state index contributed by atoms with van der Waals surface area (Å²) in [6.07, 6.45) is 7.68. The van der Waals surface area contributed by atoms with Gasteiger partial charge in [0.1, 0.15) is 17.3 Å². The van der Waals surface area contributed by atoms with Crippen molar-refractivity contribution < 1.29 is 4.79 Å². The lowest BCUT2D eigenvalue weighted by atomic mass is 10.1. The number of carbonyl (C=O) groups is 1. The van der Waals surface area contributed by atoms with Gasteiger partial charge in [-0.3, -0.25) is 9.69 Å². The number of nitrogens with one attached hydrogen (secondary N) is 1. The molecule has 8 nitrogen and oxygen atoms in total. The SMILES string of the molecule is Cn1cnc(C(=O)NC2CCCN(Cc3nnc4n3CCC4)C2)c1. The molecule has 1 N–H and O–H groups in total. The largest absolute Gasteiger partial charge is 0.347 e. The zero-order valence-electron chi connectivity index (χ0n) is 14.0. The summed E-state index contributed by atoms with van der Waals surface area (Å²) < 4.78 is 4.03. The van der Waals surface area contributed by atoms with Gasteiger partial charge in [0.15, 0.2) is 0 Å². The van der Waals surface area contributed by atoms with Crippen LogP contribution in [-0.4, -0.2) is 54.3 Å². The Morgan fingerprint density at radius 1 is 1.33 bits per heavy atom. The first-order valence-corrected chi connectivity index (χ1v) is 8.61. The lowest BCUT2D eigenvalue weighted by Crippen LogP contribution is -2.47. The predicted octanol–water partition coefficient (Wildman–Crippen LogP) is 0.352. The van der Waals surface area contributed by atoms with E-state index in [1.165, 1.54) is 6.42 Å². The summed E-state index contributed by atoms with van der Waals surface area (Å²) in [6, 6.07) is 0.161. The summed E-state index contributed by atoms with van der Waals surface area (Å²) in [7, 11) is 1.86. The molecule has 1 saturated heterocycles. The van der Waals surface area contributed by atoms with Gasteiger partial charge in [0.2, 0.25) is 0 Å². The molecule has 128 valence electrons. The maximum absolute atomic E-state index is 12.3. The van der Waals surface area contributed by atoms with Gasteiger partial charge in [-0.2, -0.15) is 0 Å². The second-order valence-corrected chi connectivity index (χ2v) is 6.76. The van der Waals surface area contributed by atoms with E-state index in [9.17, 15) is 4.79 Å².